The molecule has 0 aromatic heterocycles. The van der Waals surface area contributed by atoms with E-state index in [-0.39, 0.29) is 0 Å². The van der Waals surface area contributed by atoms with Crippen LogP contribution in [0.15, 0.2) is 33.8 Å². The third-order valence-corrected chi connectivity index (χ3v) is 3.46. The quantitative estimate of drug-likeness (QED) is 0.527. The van der Waals surface area contributed by atoms with E-state index in [0.29, 0.717) is 0 Å². The summed E-state index contributed by atoms with van der Waals surface area (Å²) in [6.45, 7) is 6.59. The molecule has 57 valence electrons. The van der Waals surface area contributed by atoms with E-state index in [1.807, 2.05) is 11.8 Å². The Kier molecular flexibility index (Phi) is 1.50. The molecular formula is C10H11S. The zero-order valence-electron chi connectivity index (χ0n) is 7.06. The van der Waals surface area contributed by atoms with Gasteiger partial charge in [0.25, 0.3) is 0 Å². The van der Waals surface area contributed by atoms with Crippen molar-refractivity contribution < 1.29 is 0 Å². The Morgan fingerprint density at radius 3 is 2.45 bits per heavy atom. The molecule has 0 unspecified atom stereocenters. The van der Waals surface area contributed by atoms with Crippen molar-refractivity contribution in [3.63, 3.8) is 0 Å². The molecule has 1 aliphatic heterocycles. The Labute approximate surface area is 72.1 Å². The van der Waals surface area contributed by atoms with Gasteiger partial charge in [-0.05, 0) is 43.6 Å². The first-order chi connectivity index (χ1) is 5.20. The molecule has 0 N–H and O–H groups in total. The lowest BCUT2D eigenvalue weighted by Crippen LogP contribution is -1.83. The summed E-state index contributed by atoms with van der Waals surface area (Å²) in [5.74, 6) is 0. The topological polar surface area (TPSA) is 0 Å². The highest BCUT2D eigenvalue weighted by atomic mass is 32.2. The molecule has 0 atom stereocenters. The van der Waals surface area contributed by atoms with Crippen molar-refractivity contribution in [1.29, 1.82) is 0 Å². The summed E-state index contributed by atoms with van der Waals surface area (Å²) in [5.41, 5.74) is 4.36. The minimum Gasteiger partial charge on any atom is -0.113 e. The summed E-state index contributed by atoms with van der Waals surface area (Å²) in [6.07, 6.45) is 4.42. The van der Waals surface area contributed by atoms with Crippen LogP contribution in [-0.2, 0) is 0 Å². The van der Waals surface area contributed by atoms with Gasteiger partial charge in [-0.3, -0.25) is 0 Å². The molecule has 0 spiro atoms. The molecule has 11 heavy (non-hydrogen) atoms. The van der Waals surface area contributed by atoms with E-state index < -0.39 is 0 Å². The van der Waals surface area contributed by atoms with Crippen LogP contribution < -0.4 is 0 Å². The van der Waals surface area contributed by atoms with Crippen molar-refractivity contribution in [2.24, 2.45) is 0 Å². The first kappa shape index (κ1) is 7.23. The number of fused-ring (bicyclic) bond motifs is 1. The van der Waals surface area contributed by atoms with Crippen molar-refractivity contribution >= 4 is 11.8 Å². The van der Waals surface area contributed by atoms with Crippen molar-refractivity contribution in [2.45, 2.75) is 20.8 Å². The summed E-state index contributed by atoms with van der Waals surface area (Å²) in [7, 11) is 0. The first-order valence-electron chi connectivity index (χ1n) is 3.82. The maximum absolute atomic E-state index is 2.22. The number of thioether (sulfide) groups is 1. The lowest BCUT2D eigenvalue weighted by molar-refractivity contribution is 1.27. The van der Waals surface area contributed by atoms with Crippen molar-refractivity contribution in [2.75, 3.05) is 0 Å². The number of hydrogen-bond donors (Lipinski definition) is 0. The molecule has 0 saturated carbocycles. The second kappa shape index (κ2) is 2.28. The van der Waals surface area contributed by atoms with E-state index in [9.17, 15) is 0 Å². The second-order valence-corrected chi connectivity index (χ2v) is 4.30. The zero-order chi connectivity index (χ0) is 8.01. The van der Waals surface area contributed by atoms with Crippen LogP contribution in [0.5, 0.6) is 0 Å². The van der Waals surface area contributed by atoms with Gasteiger partial charge in [-0.2, -0.15) is 0 Å². The molecule has 0 amide bonds. The summed E-state index contributed by atoms with van der Waals surface area (Å²) in [4.78, 5) is 1.44. The second-order valence-electron chi connectivity index (χ2n) is 3.04. The van der Waals surface area contributed by atoms with Crippen LogP contribution in [-0.4, -0.2) is 0 Å². The SMILES string of the molecule is C[C]1SC2=CC=C(C)C2=C1C. The predicted molar refractivity (Wildman–Crippen MR) is 51.0 cm³/mol. The lowest BCUT2D eigenvalue weighted by Gasteiger charge is -2.00. The lowest BCUT2D eigenvalue weighted by atomic mass is 10.0. The van der Waals surface area contributed by atoms with E-state index in [0.717, 1.165) is 0 Å². The molecule has 0 aromatic carbocycles. The van der Waals surface area contributed by atoms with Crippen LogP contribution in [0.4, 0.5) is 0 Å². The van der Waals surface area contributed by atoms with Crippen LogP contribution in [0.25, 0.3) is 0 Å². The maximum Gasteiger partial charge on any atom is 0.0579 e. The fraction of sp³-hybridized carbons (Fsp3) is 0.300. The van der Waals surface area contributed by atoms with Crippen LogP contribution >= 0.6 is 11.8 Å². The minimum absolute atomic E-state index is 1.42. The Hall–Kier alpha value is -0.430. The first-order valence-corrected chi connectivity index (χ1v) is 4.64. The summed E-state index contributed by atoms with van der Waals surface area (Å²) in [6, 6.07) is 0. The summed E-state index contributed by atoms with van der Waals surface area (Å²) < 4.78 is 0. The molecular weight excluding hydrogens is 152 g/mol. The highest BCUT2D eigenvalue weighted by Crippen LogP contribution is 2.51. The smallest absolute Gasteiger partial charge is 0.0579 e. The summed E-state index contributed by atoms with van der Waals surface area (Å²) in [5, 5.41) is 1.46. The van der Waals surface area contributed by atoms with Gasteiger partial charge in [0.2, 0.25) is 0 Å². The normalized spacial score (nSPS) is 23.9. The molecule has 0 bridgehead atoms. The average molecular weight is 163 g/mol. The molecule has 0 aromatic rings. The van der Waals surface area contributed by atoms with Gasteiger partial charge in [-0.1, -0.05) is 6.08 Å². The molecule has 1 heterocycles. The molecule has 1 heteroatoms. The minimum atomic E-state index is 1.42. The van der Waals surface area contributed by atoms with Crippen LogP contribution in [0.2, 0.25) is 0 Å². The van der Waals surface area contributed by atoms with Gasteiger partial charge in [0, 0.05) is 4.91 Å². The van der Waals surface area contributed by atoms with E-state index >= 15 is 0 Å². The van der Waals surface area contributed by atoms with Crippen molar-refractivity contribution in [1.82, 2.24) is 0 Å². The van der Waals surface area contributed by atoms with Gasteiger partial charge < -0.3 is 0 Å². The van der Waals surface area contributed by atoms with E-state index in [4.69, 9.17) is 0 Å². The molecule has 0 nitrogen and oxygen atoms in total. The highest BCUT2D eigenvalue weighted by Gasteiger charge is 2.27. The largest absolute Gasteiger partial charge is 0.113 e. The van der Waals surface area contributed by atoms with E-state index in [1.165, 1.54) is 26.9 Å². The predicted octanol–water partition coefficient (Wildman–Crippen LogP) is 3.45. The zero-order valence-corrected chi connectivity index (χ0v) is 7.88. The van der Waals surface area contributed by atoms with E-state index in [1.54, 1.807) is 0 Å². The molecule has 1 radical (unpaired) electrons. The van der Waals surface area contributed by atoms with Crippen LogP contribution in [0.3, 0.4) is 0 Å². The highest BCUT2D eigenvalue weighted by molar-refractivity contribution is 8.06. The van der Waals surface area contributed by atoms with Gasteiger partial charge in [-0.25, -0.2) is 0 Å². The van der Waals surface area contributed by atoms with Crippen molar-refractivity contribution in [3.05, 3.63) is 39.0 Å². The average Bonchev–Trinajstić information content (AvgIpc) is 2.41. The Bertz CT molecular complexity index is 292. The Morgan fingerprint density at radius 1 is 1.09 bits per heavy atom. The number of hydrogen-bond acceptors (Lipinski definition) is 1. The van der Waals surface area contributed by atoms with Crippen molar-refractivity contribution in [3.8, 4) is 0 Å². The van der Waals surface area contributed by atoms with Crippen LogP contribution in [0, 0.1) is 5.25 Å². The van der Waals surface area contributed by atoms with Crippen LogP contribution in [0.1, 0.15) is 20.8 Å². The fourth-order valence-corrected chi connectivity index (χ4v) is 2.68. The van der Waals surface area contributed by atoms with E-state index in [2.05, 4.69) is 32.9 Å². The standard InChI is InChI=1S/C10H11S/c1-6-4-5-9-10(6)7(2)8(3)11-9/h4-5H,1-3H3. The molecule has 1 aliphatic carbocycles. The maximum atomic E-state index is 2.22. The fourth-order valence-electron chi connectivity index (χ4n) is 1.54. The van der Waals surface area contributed by atoms with Gasteiger partial charge in [0.1, 0.15) is 0 Å². The van der Waals surface area contributed by atoms with Gasteiger partial charge in [-0.15, -0.1) is 11.8 Å². The molecule has 2 aliphatic rings. The third kappa shape index (κ3) is 0.908. The third-order valence-electron chi connectivity index (χ3n) is 2.29. The summed E-state index contributed by atoms with van der Waals surface area (Å²) >= 11 is 1.90. The number of allylic oxidation sites excluding steroid dienone is 4. The van der Waals surface area contributed by atoms with Gasteiger partial charge in [0.15, 0.2) is 0 Å². The van der Waals surface area contributed by atoms with Gasteiger partial charge >= 0.3 is 0 Å². The Balaban J connectivity index is 2.51. The monoisotopic (exact) mass is 163 g/mol. The number of rotatable bonds is 0. The molecule has 0 fully saturated rings. The Morgan fingerprint density at radius 2 is 1.82 bits per heavy atom. The molecule has 2 rings (SSSR count). The molecule has 0 saturated heterocycles. The van der Waals surface area contributed by atoms with Gasteiger partial charge in [0.05, 0.1) is 5.25 Å².